The van der Waals surface area contributed by atoms with Crippen LogP contribution < -0.4 is 5.32 Å². The Hall–Kier alpha value is -2.41. The molecule has 0 saturated heterocycles. The Morgan fingerprint density at radius 3 is 3.05 bits per heavy atom. The third-order valence-electron chi connectivity index (χ3n) is 4.25. The lowest BCUT2D eigenvalue weighted by molar-refractivity contribution is 0.166. The second-order valence-electron chi connectivity index (χ2n) is 5.86. The highest BCUT2D eigenvalue weighted by Gasteiger charge is 2.33. The first kappa shape index (κ1) is 13.3. The third-order valence-corrected chi connectivity index (χ3v) is 4.25. The molecular weight excluding hydrogens is 280 g/mol. The van der Waals surface area contributed by atoms with Crippen LogP contribution >= 0.6 is 0 Å². The van der Waals surface area contributed by atoms with E-state index in [2.05, 4.69) is 25.0 Å². The van der Waals surface area contributed by atoms with E-state index in [-0.39, 0.29) is 12.1 Å². The molecule has 3 aromatic rings. The predicted octanol–water partition coefficient (Wildman–Crippen LogP) is 1.18. The Kier molecular flexibility index (Phi) is 3.27. The van der Waals surface area contributed by atoms with Gasteiger partial charge >= 0.3 is 0 Å². The van der Waals surface area contributed by atoms with Gasteiger partial charge in [0.2, 0.25) is 0 Å². The summed E-state index contributed by atoms with van der Waals surface area (Å²) in [6.45, 7) is 0.893. The van der Waals surface area contributed by atoms with Gasteiger partial charge in [0.25, 0.3) is 0 Å². The van der Waals surface area contributed by atoms with E-state index in [0.717, 1.165) is 30.9 Å². The molecule has 0 aliphatic heterocycles. The van der Waals surface area contributed by atoms with Crippen molar-refractivity contribution in [2.75, 3.05) is 5.32 Å². The van der Waals surface area contributed by atoms with Gasteiger partial charge in [0.1, 0.15) is 5.82 Å². The molecule has 0 amide bonds. The summed E-state index contributed by atoms with van der Waals surface area (Å²) in [7, 11) is 0. The van der Waals surface area contributed by atoms with Gasteiger partial charge in [-0.3, -0.25) is 0 Å². The van der Waals surface area contributed by atoms with Gasteiger partial charge < -0.3 is 15.0 Å². The summed E-state index contributed by atoms with van der Waals surface area (Å²) in [6.07, 6.45) is 10.5. The maximum absolute atomic E-state index is 10.3. The molecule has 1 aliphatic carbocycles. The first-order valence-electron chi connectivity index (χ1n) is 7.49. The topological polar surface area (TPSA) is 80.3 Å². The molecule has 2 N–H and O–H groups in total. The van der Waals surface area contributed by atoms with Crippen molar-refractivity contribution in [3.8, 4) is 0 Å². The van der Waals surface area contributed by atoms with Gasteiger partial charge in [0, 0.05) is 31.2 Å². The fraction of sp³-hybridized carbons (Fsp3) is 0.400. The summed E-state index contributed by atoms with van der Waals surface area (Å²) in [6, 6.07) is 3.78. The molecule has 0 aromatic carbocycles. The highest BCUT2D eigenvalue weighted by molar-refractivity contribution is 5.46. The van der Waals surface area contributed by atoms with Gasteiger partial charge in [0.15, 0.2) is 5.65 Å². The maximum atomic E-state index is 10.3. The lowest BCUT2D eigenvalue weighted by atomic mass is 10.1. The van der Waals surface area contributed by atoms with Crippen LogP contribution in [0.1, 0.15) is 12.8 Å². The number of hydrogen-bond donors (Lipinski definition) is 2. The zero-order chi connectivity index (χ0) is 14.9. The number of imidazole rings is 1. The second-order valence-corrected chi connectivity index (χ2v) is 5.86. The number of nitrogens with one attached hydrogen (secondary N) is 1. The minimum Gasteiger partial charge on any atom is -0.391 e. The van der Waals surface area contributed by atoms with Crippen LogP contribution in [0.2, 0.25) is 0 Å². The zero-order valence-electron chi connectivity index (χ0n) is 12.1. The summed E-state index contributed by atoms with van der Waals surface area (Å²) >= 11 is 0. The molecule has 1 unspecified atom stereocenters. The fourth-order valence-electron chi connectivity index (χ4n) is 3.20. The number of anilines is 1. The normalized spacial score (nSPS) is 24.9. The van der Waals surface area contributed by atoms with Crippen molar-refractivity contribution >= 4 is 11.5 Å². The van der Waals surface area contributed by atoms with Crippen LogP contribution in [0.15, 0.2) is 43.2 Å². The van der Waals surface area contributed by atoms with Crippen LogP contribution in [0.25, 0.3) is 5.65 Å². The van der Waals surface area contributed by atoms with Crippen LogP contribution in [-0.4, -0.2) is 41.4 Å². The molecule has 0 spiro atoms. The minimum atomic E-state index is -0.351. The van der Waals surface area contributed by atoms with E-state index < -0.39 is 0 Å². The van der Waals surface area contributed by atoms with E-state index in [1.54, 1.807) is 16.9 Å². The minimum absolute atomic E-state index is 0.0337. The summed E-state index contributed by atoms with van der Waals surface area (Å²) in [5, 5.41) is 17.8. The number of nitrogens with zero attached hydrogens (tertiary/aromatic N) is 5. The third kappa shape index (κ3) is 2.55. The molecule has 0 radical (unpaired) electrons. The van der Waals surface area contributed by atoms with Crippen LogP contribution in [0.5, 0.6) is 0 Å². The Balaban J connectivity index is 1.43. The molecule has 7 nitrogen and oxygen atoms in total. The molecular formula is C15H18N6O. The molecule has 1 saturated carbocycles. The Morgan fingerprint density at radius 1 is 1.23 bits per heavy atom. The summed E-state index contributed by atoms with van der Waals surface area (Å²) in [5.74, 6) is 1.22. The maximum Gasteiger partial charge on any atom is 0.157 e. The molecule has 1 aliphatic rings. The molecule has 7 heteroatoms. The van der Waals surface area contributed by atoms with E-state index in [0.29, 0.717) is 5.92 Å². The molecule has 0 bridgehead atoms. The monoisotopic (exact) mass is 298 g/mol. The van der Waals surface area contributed by atoms with Gasteiger partial charge in [-0.15, -0.1) is 0 Å². The van der Waals surface area contributed by atoms with E-state index in [4.69, 9.17) is 0 Å². The molecule has 1 fully saturated rings. The van der Waals surface area contributed by atoms with Crippen molar-refractivity contribution in [3.63, 3.8) is 0 Å². The summed E-state index contributed by atoms with van der Waals surface area (Å²) < 4.78 is 3.79. The fourth-order valence-corrected chi connectivity index (χ4v) is 3.20. The molecule has 22 heavy (non-hydrogen) atoms. The van der Waals surface area contributed by atoms with Gasteiger partial charge in [-0.1, -0.05) is 0 Å². The van der Waals surface area contributed by atoms with E-state index in [1.165, 1.54) is 0 Å². The van der Waals surface area contributed by atoms with Crippen molar-refractivity contribution in [2.45, 2.75) is 31.5 Å². The second kappa shape index (κ2) is 5.42. The Bertz CT molecular complexity index is 752. The van der Waals surface area contributed by atoms with E-state index in [9.17, 15) is 5.11 Å². The zero-order valence-corrected chi connectivity index (χ0v) is 12.1. The molecule has 3 aromatic heterocycles. The largest absolute Gasteiger partial charge is 0.391 e. The quantitative estimate of drug-likeness (QED) is 0.756. The van der Waals surface area contributed by atoms with Crippen LogP contribution in [-0.2, 0) is 6.54 Å². The van der Waals surface area contributed by atoms with Gasteiger partial charge in [-0.2, -0.15) is 5.10 Å². The van der Waals surface area contributed by atoms with Crippen molar-refractivity contribution in [3.05, 3.63) is 43.2 Å². The Morgan fingerprint density at radius 2 is 2.18 bits per heavy atom. The smallest absolute Gasteiger partial charge is 0.157 e. The number of rotatable bonds is 4. The van der Waals surface area contributed by atoms with Crippen LogP contribution in [0, 0.1) is 5.92 Å². The van der Waals surface area contributed by atoms with E-state index >= 15 is 0 Å². The summed E-state index contributed by atoms with van der Waals surface area (Å²) in [5.41, 5.74) is 0.799. The molecule has 3 heterocycles. The number of hydrogen-bond acceptors (Lipinski definition) is 5. The average Bonchev–Trinajstić information content (AvgIpc) is 3.21. The van der Waals surface area contributed by atoms with Gasteiger partial charge in [-0.05, 0) is 24.8 Å². The highest BCUT2D eigenvalue weighted by Crippen LogP contribution is 2.29. The number of fused-ring (bicyclic) bond motifs is 1. The highest BCUT2D eigenvalue weighted by atomic mass is 16.3. The number of aliphatic hydroxyl groups is 1. The molecule has 3 atom stereocenters. The van der Waals surface area contributed by atoms with Crippen molar-refractivity contribution < 1.29 is 5.11 Å². The lowest BCUT2D eigenvalue weighted by Gasteiger charge is -2.17. The standard InChI is InChI=1S/C15H18N6O/c22-13-8-11(9-20-6-4-16-10-20)7-12(13)18-14-2-5-21-15(19-14)1-3-17-21/h1-6,10-13,22H,7-9H2,(H,18,19)/t11?,12-,13-/m1/s1. The van der Waals surface area contributed by atoms with Crippen molar-refractivity contribution in [1.82, 2.24) is 24.1 Å². The molecule has 114 valence electrons. The predicted molar refractivity (Wildman–Crippen MR) is 81.4 cm³/mol. The number of aliphatic hydroxyl groups excluding tert-OH is 1. The van der Waals surface area contributed by atoms with Crippen LogP contribution in [0.3, 0.4) is 0 Å². The average molecular weight is 298 g/mol. The number of aromatic nitrogens is 5. The Labute approximate surface area is 127 Å². The summed E-state index contributed by atoms with van der Waals surface area (Å²) in [4.78, 5) is 8.56. The van der Waals surface area contributed by atoms with Crippen molar-refractivity contribution in [1.29, 1.82) is 0 Å². The lowest BCUT2D eigenvalue weighted by Crippen LogP contribution is -2.28. The van der Waals surface area contributed by atoms with E-state index in [1.807, 2.05) is 30.9 Å². The van der Waals surface area contributed by atoms with Crippen molar-refractivity contribution in [2.24, 2.45) is 5.92 Å². The van der Waals surface area contributed by atoms with Crippen LogP contribution in [0.4, 0.5) is 5.82 Å². The SMILES string of the molecule is O[C@@H]1CC(Cn2ccnc2)C[C@H]1Nc1ccn2nccc2n1. The molecule has 4 rings (SSSR count). The van der Waals surface area contributed by atoms with Gasteiger partial charge in [0.05, 0.1) is 24.7 Å². The first-order valence-corrected chi connectivity index (χ1v) is 7.49. The van der Waals surface area contributed by atoms with Gasteiger partial charge in [-0.25, -0.2) is 14.5 Å². The first-order chi connectivity index (χ1) is 10.8.